The molecule has 0 fully saturated rings. The predicted molar refractivity (Wildman–Crippen MR) is 136 cm³/mol. The molecule has 1 N–H and O–H groups in total. The number of ether oxygens (including phenoxy) is 1. The molecule has 0 saturated heterocycles. The summed E-state index contributed by atoms with van der Waals surface area (Å²) in [7, 11) is 0. The number of nitrogens with one attached hydrogen (secondary N) is 1. The third-order valence-corrected chi connectivity index (χ3v) is 6.16. The van der Waals surface area contributed by atoms with Gasteiger partial charge in [0.05, 0.1) is 28.5 Å². The quantitative estimate of drug-likeness (QED) is 0.215. The summed E-state index contributed by atoms with van der Waals surface area (Å²) in [5.74, 6) is -1.25. The van der Waals surface area contributed by atoms with Crippen LogP contribution in [0.2, 0.25) is 0 Å². The van der Waals surface area contributed by atoms with Crippen molar-refractivity contribution in [3.05, 3.63) is 71.9 Å². The Bertz CT molecular complexity index is 1420. The molecule has 0 radical (unpaired) electrons. The van der Waals surface area contributed by atoms with Gasteiger partial charge in [0.1, 0.15) is 0 Å². The molecule has 0 bridgehead atoms. The van der Waals surface area contributed by atoms with Crippen LogP contribution in [0.5, 0.6) is 0 Å². The van der Waals surface area contributed by atoms with Gasteiger partial charge >= 0.3 is 5.97 Å². The Kier molecular flexibility index (Phi) is 7.26. The summed E-state index contributed by atoms with van der Waals surface area (Å²) >= 11 is 1.45. The molecular weight excluding hydrogens is 464 g/mol. The highest BCUT2D eigenvalue weighted by molar-refractivity contribution is 7.98. The highest BCUT2D eigenvalue weighted by Gasteiger charge is 2.20. The monoisotopic (exact) mass is 488 g/mol. The number of thioether (sulfide) groups is 1. The molecule has 4 aromatic rings. The average Bonchev–Trinajstić information content (AvgIpc) is 3.29. The molecule has 0 unspecified atom stereocenters. The molecule has 0 atom stereocenters. The third kappa shape index (κ3) is 5.25. The summed E-state index contributed by atoms with van der Waals surface area (Å²) in [5.41, 5.74) is 3.19. The van der Waals surface area contributed by atoms with Crippen molar-refractivity contribution >= 4 is 46.1 Å². The number of aryl methyl sites for hydroxylation is 1. The number of anilines is 1. The van der Waals surface area contributed by atoms with E-state index < -0.39 is 12.6 Å². The van der Waals surface area contributed by atoms with Crippen LogP contribution in [0, 0.1) is 0 Å². The lowest BCUT2D eigenvalue weighted by atomic mass is 10.1. The van der Waals surface area contributed by atoms with Crippen LogP contribution >= 0.6 is 11.8 Å². The number of carbonyl (C=O) groups excluding carboxylic acids is 3. The number of carbonyl (C=O) groups is 3. The Hall–Kier alpha value is -3.98. The van der Waals surface area contributed by atoms with Gasteiger partial charge in [0.15, 0.2) is 18.0 Å². The molecule has 178 valence electrons. The number of amides is 1. The van der Waals surface area contributed by atoms with Crippen LogP contribution in [0.4, 0.5) is 5.69 Å². The smallest absolute Gasteiger partial charge is 0.339 e. The van der Waals surface area contributed by atoms with Crippen LogP contribution in [-0.2, 0) is 16.1 Å². The third-order valence-electron chi connectivity index (χ3n) is 5.36. The molecule has 0 aliphatic heterocycles. The maximum absolute atomic E-state index is 13.1. The Balaban J connectivity index is 1.60. The second kappa shape index (κ2) is 10.5. The number of hydrogen-bond donors (Lipinski definition) is 1. The average molecular weight is 489 g/mol. The van der Waals surface area contributed by atoms with Crippen molar-refractivity contribution in [3.8, 4) is 11.3 Å². The second-order valence-corrected chi connectivity index (χ2v) is 8.56. The molecule has 0 aliphatic rings. The Labute approximate surface area is 206 Å². The number of ketones is 1. The highest BCUT2D eigenvalue weighted by Crippen LogP contribution is 2.28. The second-order valence-electron chi connectivity index (χ2n) is 7.71. The Morgan fingerprint density at radius 2 is 1.86 bits per heavy atom. The molecule has 1 amide bonds. The minimum Gasteiger partial charge on any atom is -0.454 e. The van der Waals surface area contributed by atoms with Crippen LogP contribution in [0.1, 0.15) is 34.6 Å². The fraction of sp³-hybridized carbons (Fsp3) is 0.192. The van der Waals surface area contributed by atoms with Crippen molar-refractivity contribution in [1.29, 1.82) is 0 Å². The molecule has 2 heterocycles. The van der Waals surface area contributed by atoms with Gasteiger partial charge in [0.2, 0.25) is 5.91 Å². The van der Waals surface area contributed by atoms with Crippen LogP contribution in [0.15, 0.2) is 65.7 Å². The fourth-order valence-corrected chi connectivity index (χ4v) is 4.20. The van der Waals surface area contributed by atoms with Crippen LogP contribution in [0.25, 0.3) is 22.3 Å². The molecule has 35 heavy (non-hydrogen) atoms. The van der Waals surface area contributed by atoms with E-state index >= 15 is 0 Å². The minimum atomic E-state index is -0.638. The molecule has 2 aromatic heterocycles. The number of benzene rings is 2. The maximum Gasteiger partial charge on any atom is 0.339 e. The minimum absolute atomic E-state index is 0.236. The normalized spacial score (nSPS) is 10.8. The first-order valence-corrected chi connectivity index (χ1v) is 12.2. The van der Waals surface area contributed by atoms with Gasteiger partial charge in [-0.2, -0.15) is 5.10 Å². The number of rotatable bonds is 8. The summed E-state index contributed by atoms with van der Waals surface area (Å²) in [6.07, 6.45) is 3.46. The number of pyridine rings is 1. The van der Waals surface area contributed by atoms with E-state index in [2.05, 4.69) is 10.4 Å². The lowest BCUT2D eigenvalue weighted by molar-refractivity contribution is -0.114. The lowest BCUT2D eigenvalue weighted by Crippen LogP contribution is -2.15. The molecule has 0 saturated carbocycles. The van der Waals surface area contributed by atoms with Gasteiger partial charge in [-0.3, -0.25) is 9.59 Å². The van der Waals surface area contributed by atoms with E-state index in [0.29, 0.717) is 34.5 Å². The zero-order chi connectivity index (χ0) is 24.9. The van der Waals surface area contributed by atoms with Crippen LogP contribution in [0.3, 0.4) is 0 Å². The number of esters is 1. The van der Waals surface area contributed by atoms with E-state index in [1.54, 1.807) is 35.1 Å². The largest absolute Gasteiger partial charge is 0.454 e. The standard InChI is InChI=1S/C26H24N4O4S/c1-4-30-25-20(14-27-30)19(13-21(29-25)17-8-6-5-7-9-17)26(33)34-15-23(32)18-10-11-24(35-3)22(12-18)28-16(2)31/h5-14H,4,15H2,1-3H3,(H,28,31). The molecule has 0 aliphatic carbocycles. The first kappa shape index (κ1) is 24.2. The first-order chi connectivity index (χ1) is 16.9. The summed E-state index contributed by atoms with van der Waals surface area (Å²) in [4.78, 5) is 42.9. The van der Waals surface area contributed by atoms with Crippen LogP contribution < -0.4 is 5.32 Å². The topological polar surface area (TPSA) is 103 Å². The van der Waals surface area contributed by atoms with Gasteiger partial charge in [0, 0.05) is 29.5 Å². The molecule has 4 rings (SSSR count). The predicted octanol–water partition coefficient (Wildman–Crippen LogP) is 4.84. The van der Waals surface area contributed by atoms with Crippen molar-refractivity contribution in [1.82, 2.24) is 14.8 Å². The van der Waals surface area contributed by atoms with Gasteiger partial charge in [0.25, 0.3) is 0 Å². The number of aromatic nitrogens is 3. The number of fused-ring (bicyclic) bond motifs is 1. The van der Waals surface area contributed by atoms with Gasteiger partial charge in [-0.25, -0.2) is 14.5 Å². The first-order valence-electron chi connectivity index (χ1n) is 11.0. The Morgan fingerprint density at radius 3 is 2.54 bits per heavy atom. The summed E-state index contributed by atoms with van der Waals surface area (Å²) in [5, 5.41) is 7.61. The van der Waals surface area contributed by atoms with E-state index in [0.717, 1.165) is 10.5 Å². The van der Waals surface area contributed by atoms with Gasteiger partial charge < -0.3 is 10.1 Å². The van der Waals surface area contributed by atoms with Gasteiger partial charge in [-0.05, 0) is 31.4 Å². The zero-order valence-corrected chi connectivity index (χ0v) is 20.4. The Morgan fingerprint density at radius 1 is 1.09 bits per heavy atom. The lowest BCUT2D eigenvalue weighted by Gasteiger charge is -2.11. The molecule has 8 nitrogen and oxygen atoms in total. The number of nitrogens with zero attached hydrogens (tertiary/aromatic N) is 3. The summed E-state index contributed by atoms with van der Waals surface area (Å²) in [6.45, 7) is 3.49. The summed E-state index contributed by atoms with van der Waals surface area (Å²) < 4.78 is 7.13. The molecule has 9 heteroatoms. The molecular formula is C26H24N4O4S. The number of hydrogen-bond acceptors (Lipinski definition) is 7. The van der Waals surface area contributed by atoms with Crippen molar-refractivity contribution in [3.63, 3.8) is 0 Å². The van der Waals surface area contributed by atoms with E-state index in [1.165, 1.54) is 18.7 Å². The van der Waals surface area contributed by atoms with Crippen LogP contribution in [-0.4, -0.2) is 45.3 Å². The van der Waals surface area contributed by atoms with Crippen molar-refractivity contribution in [2.75, 3.05) is 18.2 Å². The van der Waals surface area contributed by atoms with E-state index in [-0.39, 0.29) is 17.3 Å². The molecule has 0 spiro atoms. The molecule has 2 aromatic carbocycles. The zero-order valence-electron chi connectivity index (χ0n) is 19.6. The van der Waals surface area contributed by atoms with Gasteiger partial charge in [-0.1, -0.05) is 36.4 Å². The van der Waals surface area contributed by atoms with E-state index in [9.17, 15) is 14.4 Å². The van der Waals surface area contributed by atoms with Gasteiger partial charge in [-0.15, -0.1) is 11.8 Å². The fourth-order valence-electron chi connectivity index (χ4n) is 3.67. The van der Waals surface area contributed by atoms with Crippen molar-refractivity contribution in [2.24, 2.45) is 0 Å². The maximum atomic E-state index is 13.1. The van der Waals surface area contributed by atoms with Crippen molar-refractivity contribution in [2.45, 2.75) is 25.3 Å². The highest BCUT2D eigenvalue weighted by atomic mass is 32.2. The van der Waals surface area contributed by atoms with Crippen molar-refractivity contribution < 1.29 is 19.1 Å². The van der Waals surface area contributed by atoms with E-state index in [4.69, 9.17) is 9.72 Å². The van der Waals surface area contributed by atoms with E-state index in [1.807, 2.05) is 43.5 Å². The SMILES string of the molecule is CCn1ncc2c(C(=O)OCC(=O)c3ccc(SC)c(NC(C)=O)c3)cc(-c3ccccc3)nc21. The number of Topliss-reactive ketones (excluding diaryl/α,β-unsaturated/α-hetero) is 1. The summed E-state index contributed by atoms with van der Waals surface area (Å²) in [6, 6.07) is 16.2.